The fraction of sp³-hybridized carbons (Fsp3) is 0.375. The maximum atomic E-state index is 5.87. The van der Waals surface area contributed by atoms with E-state index in [-0.39, 0.29) is 4.75 Å². The number of rotatable bonds is 5. The van der Waals surface area contributed by atoms with Gasteiger partial charge in [0.15, 0.2) is 5.82 Å². The molecule has 4 rings (SSSR count). The van der Waals surface area contributed by atoms with Crippen LogP contribution in [0, 0.1) is 0 Å². The summed E-state index contributed by atoms with van der Waals surface area (Å²) in [6.07, 6.45) is 3.63. The molecule has 0 radical (unpaired) electrons. The van der Waals surface area contributed by atoms with Crippen LogP contribution in [-0.4, -0.2) is 41.3 Å². The van der Waals surface area contributed by atoms with Crippen LogP contribution in [-0.2, 0) is 9.48 Å². The predicted molar refractivity (Wildman–Crippen MR) is 129 cm³/mol. The monoisotopic (exact) mass is 437 g/mol. The van der Waals surface area contributed by atoms with Gasteiger partial charge in [0.2, 0.25) is 0 Å². The van der Waals surface area contributed by atoms with Crippen LogP contribution in [0.3, 0.4) is 0 Å². The molecule has 1 aliphatic rings. The third-order valence-corrected chi connectivity index (χ3v) is 6.08. The molecule has 1 aliphatic heterocycles. The summed E-state index contributed by atoms with van der Waals surface area (Å²) < 4.78 is 5.27. The Balaban J connectivity index is 0.00000132. The van der Waals surface area contributed by atoms with E-state index in [1.807, 2.05) is 62.6 Å². The third kappa shape index (κ3) is 5.95. The van der Waals surface area contributed by atoms with Gasteiger partial charge >= 0.3 is 0 Å². The lowest BCUT2D eigenvalue weighted by molar-refractivity contribution is 0.122. The quantitative estimate of drug-likeness (QED) is 0.444. The molecule has 0 spiro atoms. The lowest BCUT2D eigenvalue weighted by Gasteiger charge is -2.30. The second-order valence-electron chi connectivity index (χ2n) is 7.45. The highest BCUT2D eigenvalue weighted by Crippen LogP contribution is 2.41. The lowest BCUT2D eigenvalue weighted by atomic mass is 10.1. The zero-order chi connectivity index (χ0) is 22.3. The number of hydrogen-bond donors (Lipinski definition) is 1. The Bertz CT molecular complexity index is 957. The SMILES string of the molecule is CC.CC(C)(Sc1ccncc1)c1cc(N2CCOCC2)nc(-c2ccc(N)cc2)n1. The number of nitrogen functional groups attached to an aromatic ring is 1. The van der Waals surface area contributed by atoms with Gasteiger partial charge in [-0.1, -0.05) is 13.8 Å². The van der Waals surface area contributed by atoms with Crippen molar-refractivity contribution in [3.05, 3.63) is 60.6 Å². The topological polar surface area (TPSA) is 77.2 Å². The van der Waals surface area contributed by atoms with Gasteiger partial charge in [-0.2, -0.15) is 0 Å². The van der Waals surface area contributed by atoms with Crippen LogP contribution in [0.5, 0.6) is 0 Å². The number of ether oxygens (including phenoxy) is 1. The van der Waals surface area contributed by atoms with Crippen molar-refractivity contribution in [2.75, 3.05) is 36.9 Å². The van der Waals surface area contributed by atoms with Crippen LogP contribution in [0.4, 0.5) is 11.5 Å². The van der Waals surface area contributed by atoms with Crippen LogP contribution in [0.2, 0.25) is 0 Å². The summed E-state index contributed by atoms with van der Waals surface area (Å²) in [4.78, 5) is 17.4. The molecule has 2 N–H and O–H groups in total. The molecule has 3 heterocycles. The van der Waals surface area contributed by atoms with E-state index in [9.17, 15) is 0 Å². The first-order valence-corrected chi connectivity index (χ1v) is 11.5. The smallest absolute Gasteiger partial charge is 0.161 e. The van der Waals surface area contributed by atoms with Crippen molar-refractivity contribution in [2.24, 2.45) is 0 Å². The van der Waals surface area contributed by atoms with Crippen molar-refractivity contribution in [3.63, 3.8) is 0 Å². The highest BCUT2D eigenvalue weighted by atomic mass is 32.2. The molecule has 31 heavy (non-hydrogen) atoms. The average molecular weight is 438 g/mol. The van der Waals surface area contributed by atoms with Crippen LogP contribution in [0.15, 0.2) is 59.8 Å². The molecule has 0 bridgehead atoms. The summed E-state index contributed by atoms with van der Waals surface area (Å²) in [6, 6.07) is 13.9. The number of thioether (sulfide) groups is 1. The van der Waals surface area contributed by atoms with E-state index < -0.39 is 0 Å². The van der Waals surface area contributed by atoms with Crippen molar-refractivity contribution in [2.45, 2.75) is 37.3 Å². The van der Waals surface area contributed by atoms with E-state index >= 15 is 0 Å². The summed E-state index contributed by atoms with van der Waals surface area (Å²) in [6.45, 7) is 11.5. The van der Waals surface area contributed by atoms with E-state index in [4.69, 9.17) is 20.4 Å². The highest BCUT2D eigenvalue weighted by molar-refractivity contribution is 8.00. The van der Waals surface area contributed by atoms with E-state index in [1.165, 1.54) is 0 Å². The number of benzene rings is 1. The number of anilines is 2. The molecular weight excluding hydrogens is 406 g/mol. The summed E-state index contributed by atoms with van der Waals surface area (Å²) in [7, 11) is 0. The molecular formula is C24H31N5OS. The Morgan fingerprint density at radius 1 is 0.968 bits per heavy atom. The second-order valence-corrected chi connectivity index (χ2v) is 9.15. The molecule has 0 saturated carbocycles. The minimum atomic E-state index is -0.242. The fourth-order valence-corrected chi connectivity index (χ4v) is 4.27. The van der Waals surface area contributed by atoms with E-state index in [0.29, 0.717) is 19.0 Å². The highest BCUT2D eigenvalue weighted by Gasteiger charge is 2.27. The maximum Gasteiger partial charge on any atom is 0.161 e. The molecule has 164 valence electrons. The van der Waals surface area contributed by atoms with Crippen LogP contribution < -0.4 is 10.6 Å². The van der Waals surface area contributed by atoms with E-state index in [1.54, 1.807) is 11.8 Å². The number of morpholine rings is 1. The molecule has 0 atom stereocenters. The van der Waals surface area contributed by atoms with Crippen molar-refractivity contribution < 1.29 is 4.74 Å². The van der Waals surface area contributed by atoms with Gasteiger partial charge in [0.25, 0.3) is 0 Å². The molecule has 0 unspecified atom stereocenters. The normalized spacial score (nSPS) is 14.0. The van der Waals surface area contributed by atoms with Crippen molar-refractivity contribution >= 4 is 23.3 Å². The molecule has 1 aromatic carbocycles. The molecule has 0 amide bonds. The van der Waals surface area contributed by atoms with Crippen molar-refractivity contribution in [1.29, 1.82) is 0 Å². The zero-order valence-corrected chi connectivity index (χ0v) is 19.5. The average Bonchev–Trinajstić information content (AvgIpc) is 2.81. The van der Waals surface area contributed by atoms with Crippen molar-refractivity contribution in [3.8, 4) is 11.4 Å². The molecule has 1 saturated heterocycles. The lowest BCUT2D eigenvalue weighted by Crippen LogP contribution is -2.37. The van der Waals surface area contributed by atoms with Crippen LogP contribution in [0.1, 0.15) is 33.4 Å². The summed E-state index contributed by atoms with van der Waals surface area (Å²) in [5.74, 6) is 1.65. The minimum Gasteiger partial charge on any atom is -0.399 e. The van der Waals surface area contributed by atoms with Crippen LogP contribution in [0.25, 0.3) is 11.4 Å². The minimum absolute atomic E-state index is 0.242. The number of aromatic nitrogens is 3. The van der Waals surface area contributed by atoms with Gasteiger partial charge in [-0.25, -0.2) is 9.97 Å². The van der Waals surface area contributed by atoms with E-state index in [2.05, 4.69) is 29.8 Å². The standard InChI is InChI=1S/C22H25N5OS.C2H6/c1-22(2,29-18-7-9-24-10-8-18)19-15-20(27-11-13-28-14-12-27)26-21(25-19)16-3-5-17(23)6-4-16;1-2/h3-10,15H,11-14,23H2,1-2H3;1-2H3. The number of pyridine rings is 1. The first-order valence-electron chi connectivity index (χ1n) is 10.7. The molecule has 7 heteroatoms. The fourth-order valence-electron chi connectivity index (χ4n) is 3.21. The first-order chi connectivity index (χ1) is 15.0. The Kier molecular flexibility index (Phi) is 7.87. The first kappa shape index (κ1) is 23.0. The molecule has 0 aliphatic carbocycles. The number of nitrogens with zero attached hydrogens (tertiary/aromatic N) is 4. The molecule has 6 nitrogen and oxygen atoms in total. The van der Waals surface area contributed by atoms with E-state index in [0.717, 1.165) is 40.7 Å². The molecule has 1 fully saturated rings. The summed E-state index contributed by atoms with van der Waals surface area (Å²) in [5, 5.41) is 0. The van der Waals surface area contributed by atoms with Crippen LogP contribution >= 0.6 is 11.8 Å². The summed E-state index contributed by atoms with van der Waals surface area (Å²) >= 11 is 1.77. The van der Waals surface area contributed by atoms with Crippen molar-refractivity contribution in [1.82, 2.24) is 15.0 Å². The number of nitrogens with two attached hydrogens (primary N) is 1. The summed E-state index contributed by atoms with van der Waals surface area (Å²) in [5.41, 5.74) is 8.54. The molecule has 3 aromatic rings. The Labute approximate surface area is 189 Å². The maximum absolute atomic E-state index is 5.87. The second kappa shape index (κ2) is 10.6. The van der Waals surface area contributed by atoms with Gasteiger partial charge in [-0.15, -0.1) is 11.8 Å². The van der Waals surface area contributed by atoms with Gasteiger partial charge in [0, 0.05) is 47.7 Å². The largest absolute Gasteiger partial charge is 0.399 e. The Morgan fingerprint density at radius 2 is 1.61 bits per heavy atom. The predicted octanol–water partition coefficient (Wildman–Crippen LogP) is 5.01. The van der Waals surface area contributed by atoms with Gasteiger partial charge in [-0.3, -0.25) is 4.98 Å². The number of hydrogen-bond acceptors (Lipinski definition) is 7. The van der Waals surface area contributed by atoms with Gasteiger partial charge in [0.05, 0.1) is 23.7 Å². The van der Waals surface area contributed by atoms with Gasteiger partial charge in [0.1, 0.15) is 5.82 Å². The zero-order valence-electron chi connectivity index (χ0n) is 18.7. The molecule has 2 aromatic heterocycles. The van der Waals surface area contributed by atoms with Gasteiger partial charge < -0.3 is 15.4 Å². The van der Waals surface area contributed by atoms with Gasteiger partial charge in [-0.05, 0) is 50.2 Å². The third-order valence-electron chi connectivity index (χ3n) is 4.86. The Hall–Kier alpha value is -2.64. The Morgan fingerprint density at radius 3 is 2.26 bits per heavy atom.